The van der Waals surface area contributed by atoms with Crippen LogP contribution in [0.5, 0.6) is 11.6 Å². The number of nitrogens with zero attached hydrogens (tertiary/aromatic N) is 1. The molecule has 0 bridgehead atoms. The number of hydrogen-bond acceptors (Lipinski definition) is 7. The van der Waals surface area contributed by atoms with E-state index in [0.717, 1.165) is 22.3 Å². The van der Waals surface area contributed by atoms with E-state index in [-0.39, 0.29) is 41.7 Å². The second kappa shape index (κ2) is 12.3. The van der Waals surface area contributed by atoms with E-state index in [9.17, 15) is 13.2 Å². The summed E-state index contributed by atoms with van der Waals surface area (Å²) in [5, 5.41) is 0. The zero-order valence-corrected chi connectivity index (χ0v) is 23.9. The molecule has 2 aromatic carbocycles. The Hall–Kier alpha value is -3.90. The fraction of sp³-hybridized carbons (Fsp3) is 0.375. The summed E-state index contributed by atoms with van der Waals surface area (Å²) < 4.78 is 55.4. The van der Waals surface area contributed by atoms with Gasteiger partial charge in [0.25, 0.3) is 0 Å². The fourth-order valence-corrected chi connectivity index (χ4v) is 6.90. The smallest absolute Gasteiger partial charge is 0.307 e. The molecule has 0 amide bonds. The molecule has 0 spiro atoms. The summed E-state index contributed by atoms with van der Waals surface area (Å²) >= 11 is 0. The lowest BCUT2D eigenvalue weighted by Gasteiger charge is -2.22. The lowest BCUT2D eigenvalue weighted by molar-refractivity contribution is -0.140. The van der Waals surface area contributed by atoms with Crippen molar-refractivity contribution in [3.05, 3.63) is 77.2 Å². The van der Waals surface area contributed by atoms with Crippen molar-refractivity contribution in [1.82, 2.24) is 4.98 Å². The predicted octanol–water partition coefficient (Wildman–Crippen LogP) is 5.58. The first-order valence-corrected chi connectivity index (χ1v) is 15.5. The van der Waals surface area contributed by atoms with Gasteiger partial charge in [0.2, 0.25) is 5.88 Å². The summed E-state index contributed by atoms with van der Waals surface area (Å²) in [6.07, 6.45) is 3.48. The van der Waals surface area contributed by atoms with Gasteiger partial charge < -0.3 is 14.2 Å². The lowest BCUT2D eigenvalue weighted by atomic mass is 9.96. The molecule has 1 fully saturated rings. The highest BCUT2D eigenvalue weighted by molar-refractivity contribution is 7.91. The molecule has 9 heteroatoms. The van der Waals surface area contributed by atoms with Crippen molar-refractivity contribution in [2.24, 2.45) is 0 Å². The Bertz CT molecular complexity index is 1560. The number of carbonyl (C=O) groups excluding carboxylic acids is 1. The summed E-state index contributed by atoms with van der Waals surface area (Å²) in [5.74, 6) is 6.32. The first-order valence-electron chi connectivity index (χ1n) is 13.7. The molecule has 1 aliphatic heterocycles. The van der Waals surface area contributed by atoms with Crippen molar-refractivity contribution in [3.8, 4) is 34.6 Å². The summed E-state index contributed by atoms with van der Waals surface area (Å²) in [6, 6.07) is 14.3. The Morgan fingerprint density at radius 2 is 1.80 bits per heavy atom. The summed E-state index contributed by atoms with van der Waals surface area (Å²) in [6.45, 7) is 1.73. The SMILES string of the molecule is CC#C[C@@H](CC(=O)OC)c1ccc(O[C@@H]2CCc3c(-c4ccc(OC5CCS(=O)(=O)CC5)nc4)ccc(F)c32)cc1. The Balaban J connectivity index is 1.29. The van der Waals surface area contributed by atoms with Crippen LogP contribution >= 0.6 is 0 Å². The highest BCUT2D eigenvalue weighted by Gasteiger charge is 2.30. The van der Waals surface area contributed by atoms with Gasteiger partial charge in [-0.2, -0.15) is 0 Å². The number of aromatic nitrogens is 1. The third-order valence-corrected chi connectivity index (χ3v) is 9.31. The van der Waals surface area contributed by atoms with Gasteiger partial charge in [-0.3, -0.25) is 4.79 Å². The number of rotatable bonds is 8. The molecule has 7 nitrogen and oxygen atoms in total. The van der Waals surface area contributed by atoms with Gasteiger partial charge in [0.1, 0.15) is 23.8 Å². The normalized spacial score (nSPS) is 18.5. The minimum atomic E-state index is -2.96. The Morgan fingerprint density at radius 3 is 2.46 bits per heavy atom. The van der Waals surface area contributed by atoms with Crippen LogP contribution in [0.25, 0.3) is 11.1 Å². The first kappa shape index (κ1) is 28.6. The van der Waals surface area contributed by atoms with Gasteiger partial charge in [0.15, 0.2) is 9.84 Å². The van der Waals surface area contributed by atoms with E-state index in [2.05, 4.69) is 16.8 Å². The van der Waals surface area contributed by atoms with E-state index in [1.54, 1.807) is 25.3 Å². The number of carbonyl (C=O) groups is 1. The van der Waals surface area contributed by atoms with E-state index in [4.69, 9.17) is 14.2 Å². The van der Waals surface area contributed by atoms with Gasteiger partial charge in [-0.05, 0) is 73.6 Å². The largest absolute Gasteiger partial charge is 0.486 e. The molecule has 41 heavy (non-hydrogen) atoms. The van der Waals surface area contributed by atoms with Gasteiger partial charge in [-0.25, -0.2) is 17.8 Å². The molecule has 0 unspecified atom stereocenters. The van der Waals surface area contributed by atoms with Crippen LogP contribution in [0.1, 0.15) is 61.3 Å². The maximum Gasteiger partial charge on any atom is 0.307 e. The van der Waals surface area contributed by atoms with Crippen molar-refractivity contribution in [2.45, 2.75) is 57.2 Å². The van der Waals surface area contributed by atoms with E-state index in [0.29, 0.717) is 42.9 Å². The minimum Gasteiger partial charge on any atom is -0.486 e. The molecule has 214 valence electrons. The fourth-order valence-electron chi connectivity index (χ4n) is 5.45. The zero-order chi connectivity index (χ0) is 29.0. The van der Waals surface area contributed by atoms with Gasteiger partial charge in [-0.1, -0.05) is 24.1 Å². The molecule has 1 saturated heterocycles. The van der Waals surface area contributed by atoms with Crippen LogP contribution in [0.15, 0.2) is 54.7 Å². The topological polar surface area (TPSA) is 91.8 Å². The Labute approximate surface area is 240 Å². The average Bonchev–Trinajstić information content (AvgIpc) is 3.39. The number of ether oxygens (including phenoxy) is 3. The molecule has 1 aromatic heterocycles. The Morgan fingerprint density at radius 1 is 1.05 bits per heavy atom. The number of esters is 1. The van der Waals surface area contributed by atoms with Crippen LogP contribution in [0.3, 0.4) is 0 Å². The third-order valence-electron chi connectivity index (χ3n) is 7.60. The number of sulfone groups is 1. The minimum absolute atomic E-state index is 0.133. The van der Waals surface area contributed by atoms with Crippen molar-refractivity contribution in [1.29, 1.82) is 0 Å². The van der Waals surface area contributed by atoms with Crippen molar-refractivity contribution in [2.75, 3.05) is 18.6 Å². The maximum absolute atomic E-state index is 15.1. The predicted molar refractivity (Wildman–Crippen MR) is 153 cm³/mol. The van der Waals surface area contributed by atoms with E-state index >= 15 is 4.39 Å². The van der Waals surface area contributed by atoms with Crippen LogP contribution in [-0.4, -0.2) is 44.1 Å². The number of pyridine rings is 1. The van der Waals surface area contributed by atoms with Crippen molar-refractivity contribution in [3.63, 3.8) is 0 Å². The molecule has 2 atom stereocenters. The molecular formula is C32H32FNO6S. The quantitative estimate of drug-likeness (QED) is 0.255. The molecule has 2 aliphatic rings. The van der Waals surface area contributed by atoms with Gasteiger partial charge >= 0.3 is 5.97 Å². The molecular weight excluding hydrogens is 545 g/mol. The average molecular weight is 578 g/mol. The molecule has 3 aromatic rings. The van der Waals surface area contributed by atoms with E-state index in [1.165, 1.54) is 13.2 Å². The van der Waals surface area contributed by atoms with Crippen molar-refractivity contribution >= 4 is 15.8 Å². The van der Waals surface area contributed by atoms with Gasteiger partial charge in [-0.15, -0.1) is 5.92 Å². The van der Waals surface area contributed by atoms with Crippen LogP contribution in [0.2, 0.25) is 0 Å². The molecule has 1 aliphatic carbocycles. The maximum atomic E-state index is 15.1. The first-order chi connectivity index (χ1) is 19.8. The third kappa shape index (κ3) is 6.71. The molecule has 2 heterocycles. The molecule has 5 rings (SSSR count). The van der Waals surface area contributed by atoms with Crippen LogP contribution in [0.4, 0.5) is 4.39 Å². The highest BCUT2D eigenvalue weighted by atomic mass is 32.2. The van der Waals surface area contributed by atoms with Crippen LogP contribution in [0, 0.1) is 17.7 Å². The van der Waals surface area contributed by atoms with E-state index < -0.39 is 15.9 Å². The van der Waals surface area contributed by atoms with Crippen LogP contribution in [-0.2, 0) is 25.8 Å². The number of hydrogen-bond donors (Lipinski definition) is 0. The second-order valence-corrected chi connectivity index (χ2v) is 12.6. The van der Waals surface area contributed by atoms with Crippen molar-refractivity contribution < 1.29 is 31.8 Å². The Kier molecular flexibility index (Phi) is 8.60. The standard InChI is InChI=1S/C32H32FNO6S/c1-3-4-22(19-31(35)38-2)21-5-8-24(9-6-21)39-29-13-11-27-26(10-12-28(33)32(27)29)23-7-14-30(34-20-23)40-25-15-17-41(36,37)18-16-25/h5-10,12,14,20,22,25,29H,11,13,15-19H2,1-2H3/t22-,29+/m0/s1. The van der Waals surface area contributed by atoms with Gasteiger partial charge in [0, 0.05) is 23.4 Å². The highest BCUT2D eigenvalue weighted by Crippen LogP contribution is 2.42. The molecule has 0 saturated carbocycles. The summed E-state index contributed by atoms with van der Waals surface area (Å²) in [4.78, 5) is 16.2. The van der Waals surface area contributed by atoms with E-state index in [1.807, 2.05) is 30.3 Å². The van der Waals surface area contributed by atoms with Crippen LogP contribution < -0.4 is 9.47 Å². The number of halogens is 1. The molecule has 0 radical (unpaired) electrons. The monoisotopic (exact) mass is 577 g/mol. The zero-order valence-electron chi connectivity index (χ0n) is 23.1. The number of fused-ring (bicyclic) bond motifs is 1. The number of methoxy groups -OCH3 is 1. The summed E-state index contributed by atoms with van der Waals surface area (Å²) in [7, 11) is -1.60. The second-order valence-electron chi connectivity index (χ2n) is 10.3. The lowest BCUT2D eigenvalue weighted by Crippen LogP contribution is -2.30. The molecule has 0 N–H and O–H groups in total. The summed E-state index contributed by atoms with van der Waals surface area (Å²) in [5.41, 5.74) is 4.07. The van der Waals surface area contributed by atoms with Gasteiger partial charge in [0.05, 0.1) is 31.0 Å². The number of benzene rings is 2.